The van der Waals surface area contributed by atoms with E-state index < -0.39 is 0 Å². The Morgan fingerprint density at radius 2 is 1.59 bits per heavy atom. The molecule has 0 aliphatic heterocycles. The molecule has 0 saturated heterocycles. The Bertz CT molecular complexity index is 698. The lowest BCUT2D eigenvalue weighted by Crippen LogP contribution is -1.86. The topological polar surface area (TPSA) is 17.1 Å². The maximum atomic E-state index is 10.5. The fourth-order valence-electron chi connectivity index (χ4n) is 2.29. The van der Waals surface area contributed by atoms with E-state index in [9.17, 15) is 4.79 Å². The van der Waals surface area contributed by atoms with Crippen molar-refractivity contribution in [1.82, 2.24) is 0 Å². The second-order valence-electron chi connectivity index (χ2n) is 4.21. The Morgan fingerprint density at radius 1 is 0.824 bits per heavy atom. The first kappa shape index (κ1) is 10.0. The Hall–Kier alpha value is -2.15. The van der Waals surface area contributed by atoms with Gasteiger partial charge >= 0.3 is 0 Å². The molecule has 3 rings (SSSR count). The monoisotopic (exact) mass is 220 g/mol. The Morgan fingerprint density at radius 3 is 2.47 bits per heavy atom. The third-order valence-electron chi connectivity index (χ3n) is 3.13. The molecule has 0 atom stereocenters. The van der Waals surface area contributed by atoms with E-state index in [1.54, 1.807) is 0 Å². The molecule has 0 aromatic heterocycles. The molecule has 0 bridgehead atoms. The Labute approximate surface area is 99.7 Å². The summed E-state index contributed by atoms with van der Waals surface area (Å²) in [6.07, 6.45) is 1.44. The van der Waals surface area contributed by atoms with Gasteiger partial charge in [-0.05, 0) is 27.1 Å². The van der Waals surface area contributed by atoms with Crippen LogP contribution in [-0.2, 0) is 11.2 Å². The van der Waals surface area contributed by atoms with Crippen LogP contribution in [0, 0.1) is 0 Å². The van der Waals surface area contributed by atoms with E-state index in [1.807, 2.05) is 6.07 Å². The molecule has 0 aliphatic carbocycles. The number of benzene rings is 3. The molecule has 0 unspecified atom stereocenters. The van der Waals surface area contributed by atoms with Gasteiger partial charge in [-0.2, -0.15) is 0 Å². The normalized spacial score (nSPS) is 10.8. The van der Waals surface area contributed by atoms with Crippen LogP contribution >= 0.6 is 0 Å². The van der Waals surface area contributed by atoms with Crippen LogP contribution < -0.4 is 0 Å². The van der Waals surface area contributed by atoms with Gasteiger partial charge in [0.1, 0.15) is 6.29 Å². The van der Waals surface area contributed by atoms with Gasteiger partial charge in [-0.25, -0.2) is 0 Å². The van der Waals surface area contributed by atoms with Gasteiger partial charge in [0.2, 0.25) is 0 Å². The molecule has 3 aromatic carbocycles. The zero-order valence-corrected chi connectivity index (χ0v) is 9.39. The molecule has 82 valence electrons. The average molecular weight is 220 g/mol. The Balaban J connectivity index is 2.33. The van der Waals surface area contributed by atoms with E-state index in [-0.39, 0.29) is 0 Å². The molecule has 0 heterocycles. The number of aldehydes is 1. The summed E-state index contributed by atoms with van der Waals surface area (Å²) in [6.45, 7) is 0. The van der Waals surface area contributed by atoms with E-state index in [1.165, 1.54) is 21.5 Å². The van der Waals surface area contributed by atoms with Crippen LogP contribution in [0.1, 0.15) is 5.56 Å². The van der Waals surface area contributed by atoms with E-state index in [0.29, 0.717) is 6.42 Å². The average Bonchev–Trinajstić information content (AvgIpc) is 2.39. The van der Waals surface area contributed by atoms with Crippen molar-refractivity contribution < 1.29 is 4.79 Å². The minimum atomic E-state index is 0.489. The zero-order chi connectivity index (χ0) is 11.7. The highest BCUT2D eigenvalue weighted by molar-refractivity contribution is 6.07. The van der Waals surface area contributed by atoms with Crippen LogP contribution in [0.5, 0.6) is 0 Å². The van der Waals surface area contributed by atoms with Crippen molar-refractivity contribution >= 4 is 27.8 Å². The zero-order valence-electron chi connectivity index (χ0n) is 9.39. The van der Waals surface area contributed by atoms with Crippen molar-refractivity contribution in [2.24, 2.45) is 0 Å². The van der Waals surface area contributed by atoms with Crippen LogP contribution in [0.25, 0.3) is 21.5 Å². The smallest absolute Gasteiger partial charge is 0.124 e. The number of rotatable bonds is 2. The molecule has 0 N–H and O–H groups in total. The third kappa shape index (κ3) is 1.70. The lowest BCUT2D eigenvalue weighted by Gasteiger charge is -2.05. The molecule has 17 heavy (non-hydrogen) atoms. The maximum absolute atomic E-state index is 10.5. The summed E-state index contributed by atoms with van der Waals surface area (Å²) >= 11 is 0. The summed E-state index contributed by atoms with van der Waals surface area (Å²) in [5.41, 5.74) is 1.07. The molecule has 0 spiro atoms. The minimum Gasteiger partial charge on any atom is -0.303 e. The van der Waals surface area contributed by atoms with Gasteiger partial charge in [-0.3, -0.25) is 0 Å². The highest BCUT2D eigenvalue weighted by Crippen LogP contribution is 2.25. The first-order valence-corrected chi connectivity index (χ1v) is 5.72. The van der Waals surface area contributed by atoms with E-state index in [0.717, 1.165) is 11.8 Å². The number of hydrogen-bond donors (Lipinski definition) is 0. The fourth-order valence-corrected chi connectivity index (χ4v) is 2.29. The van der Waals surface area contributed by atoms with E-state index >= 15 is 0 Å². The van der Waals surface area contributed by atoms with Crippen LogP contribution in [0.3, 0.4) is 0 Å². The summed E-state index contributed by atoms with van der Waals surface area (Å²) in [6, 6.07) is 18.8. The van der Waals surface area contributed by atoms with Gasteiger partial charge in [0.15, 0.2) is 0 Å². The van der Waals surface area contributed by atoms with Crippen molar-refractivity contribution in [3.8, 4) is 0 Å². The third-order valence-corrected chi connectivity index (χ3v) is 3.13. The second-order valence-corrected chi connectivity index (χ2v) is 4.21. The summed E-state index contributed by atoms with van der Waals surface area (Å²) < 4.78 is 0. The van der Waals surface area contributed by atoms with Crippen LogP contribution in [0.15, 0.2) is 54.6 Å². The van der Waals surface area contributed by atoms with Crippen molar-refractivity contribution in [1.29, 1.82) is 0 Å². The highest BCUT2D eigenvalue weighted by atomic mass is 16.1. The van der Waals surface area contributed by atoms with Crippen molar-refractivity contribution in [3.63, 3.8) is 0 Å². The lowest BCUT2D eigenvalue weighted by molar-refractivity contribution is -0.107. The quantitative estimate of drug-likeness (QED) is 0.475. The van der Waals surface area contributed by atoms with Crippen molar-refractivity contribution in [2.75, 3.05) is 0 Å². The SMILES string of the molecule is O=CCc1ccc2c(ccc3ccccc32)c1. The van der Waals surface area contributed by atoms with E-state index in [2.05, 4.69) is 48.5 Å². The summed E-state index contributed by atoms with van der Waals surface area (Å²) in [5, 5.41) is 4.96. The predicted octanol–water partition coefficient (Wildman–Crippen LogP) is 3.73. The molecular formula is C16H12O. The Kier molecular flexibility index (Phi) is 2.37. The predicted molar refractivity (Wildman–Crippen MR) is 71.2 cm³/mol. The number of carbonyl (C=O) groups excluding carboxylic acids is 1. The maximum Gasteiger partial charge on any atom is 0.124 e. The molecule has 0 radical (unpaired) electrons. The first-order valence-electron chi connectivity index (χ1n) is 5.72. The van der Waals surface area contributed by atoms with Gasteiger partial charge in [-0.1, -0.05) is 54.6 Å². The molecular weight excluding hydrogens is 208 g/mol. The molecule has 0 saturated carbocycles. The highest BCUT2D eigenvalue weighted by Gasteiger charge is 2.00. The number of fused-ring (bicyclic) bond motifs is 3. The summed E-state index contributed by atoms with van der Waals surface area (Å²) in [7, 11) is 0. The first-order chi connectivity index (χ1) is 8.38. The van der Waals surface area contributed by atoms with Crippen LogP contribution in [0.4, 0.5) is 0 Å². The van der Waals surface area contributed by atoms with Crippen molar-refractivity contribution in [3.05, 3.63) is 60.2 Å². The molecule has 1 nitrogen and oxygen atoms in total. The summed E-state index contributed by atoms with van der Waals surface area (Å²) in [5.74, 6) is 0. The van der Waals surface area contributed by atoms with Gasteiger partial charge in [0.05, 0.1) is 0 Å². The molecule has 3 aromatic rings. The van der Waals surface area contributed by atoms with Gasteiger partial charge in [-0.15, -0.1) is 0 Å². The molecule has 0 aliphatic rings. The second kappa shape index (κ2) is 4.02. The van der Waals surface area contributed by atoms with Crippen LogP contribution in [-0.4, -0.2) is 6.29 Å². The van der Waals surface area contributed by atoms with Crippen molar-refractivity contribution in [2.45, 2.75) is 6.42 Å². The van der Waals surface area contributed by atoms with E-state index in [4.69, 9.17) is 0 Å². The standard InChI is InChI=1S/C16H12O/c17-10-9-12-5-8-16-14(11-12)7-6-13-3-1-2-4-15(13)16/h1-8,10-11H,9H2. The summed E-state index contributed by atoms with van der Waals surface area (Å²) in [4.78, 5) is 10.5. The molecule has 0 amide bonds. The largest absolute Gasteiger partial charge is 0.303 e. The van der Waals surface area contributed by atoms with Crippen LogP contribution in [0.2, 0.25) is 0 Å². The van der Waals surface area contributed by atoms with Gasteiger partial charge in [0.25, 0.3) is 0 Å². The number of carbonyl (C=O) groups is 1. The number of hydrogen-bond acceptors (Lipinski definition) is 1. The van der Waals surface area contributed by atoms with Gasteiger partial charge < -0.3 is 4.79 Å². The van der Waals surface area contributed by atoms with Gasteiger partial charge in [0, 0.05) is 6.42 Å². The lowest BCUT2D eigenvalue weighted by atomic mass is 9.99. The minimum absolute atomic E-state index is 0.489. The molecule has 0 fully saturated rings. The molecule has 1 heteroatoms. The fraction of sp³-hybridized carbons (Fsp3) is 0.0625.